The molecule has 1 amide bonds. The van der Waals surface area contributed by atoms with Crippen LogP contribution < -0.4 is 14.8 Å². The second kappa shape index (κ2) is 8.62. The highest BCUT2D eigenvalue weighted by molar-refractivity contribution is 7.90. The van der Waals surface area contributed by atoms with Gasteiger partial charge in [0.15, 0.2) is 26.5 Å². The maximum absolute atomic E-state index is 12.2. The molecular weight excluding hydrogens is 412 g/mol. The molecule has 152 valence electrons. The molecule has 0 unspecified atom stereocenters. The monoisotopic (exact) mass is 432 g/mol. The molecule has 7 nitrogen and oxygen atoms in total. The third kappa shape index (κ3) is 5.12. The largest absolute Gasteiger partial charge is 0.493 e. The number of carbonyl (C=O) groups excluding carboxylic acids is 1. The average Bonchev–Trinajstić information content (AvgIpc) is 3.08. The van der Waals surface area contributed by atoms with Crippen molar-refractivity contribution in [3.8, 4) is 11.5 Å². The van der Waals surface area contributed by atoms with E-state index in [0.717, 1.165) is 11.8 Å². The summed E-state index contributed by atoms with van der Waals surface area (Å²) in [7, 11) is -1.74. The van der Waals surface area contributed by atoms with Crippen LogP contribution in [0.4, 0.5) is 5.13 Å². The summed E-state index contributed by atoms with van der Waals surface area (Å²) in [6, 6.07) is 10.1. The Balaban J connectivity index is 1.73. The zero-order valence-electron chi connectivity index (χ0n) is 16.1. The van der Waals surface area contributed by atoms with Gasteiger partial charge in [-0.05, 0) is 48.9 Å². The molecule has 0 fully saturated rings. The Bertz CT molecular complexity index is 1180. The van der Waals surface area contributed by atoms with E-state index in [1.807, 2.05) is 13.0 Å². The molecular formula is C20H20N2O5S2. The van der Waals surface area contributed by atoms with Gasteiger partial charge in [0.1, 0.15) is 0 Å². The number of nitrogens with zero attached hydrogens (tertiary/aromatic N) is 1. The van der Waals surface area contributed by atoms with E-state index in [1.54, 1.807) is 37.5 Å². The van der Waals surface area contributed by atoms with E-state index in [4.69, 9.17) is 9.47 Å². The molecule has 29 heavy (non-hydrogen) atoms. The predicted molar refractivity (Wildman–Crippen MR) is 115 cm³/mol. The molecule has 0 radical (unpaired) electrons. The summed E-state index contributed by atoms with van der Waals surface area (Å²) in [5, 5.41) is 3.09. The number of fused-ring (bicyclic) bond motifs is 1. The van der Waals surface area contributed by atoms with Crippen LogP contribution in [0.2, 0.25) is 0 Å². The number of anilines is 1. The van der Waals surface area contributed by atoms with Crippen LogP contribution in [0.25, 0.3) is 16.3 Å². The Labute approximate surface area is 172 Å². The van der Waals surface area contributed by atoms with Gasteiger partial charge in [-0.15, -0.1) is 0 Å². The van der Waals surface area contributed by atoms with Crippen LogP contribution in [0, 0.1) is 0 Å². The molecule has 3 aromatic rings. The van der Waals surface area contributed by atoms with Gasteiger partial charge in [0, 0.05) is 12.3 Å². The van der Waals surface area contributed by atoms with Crippen molar-refractivity contribution in [2.24, 2.45) is 0 Å². The van der Waals surface area contributed by atoms with Crippen LogP contribution in [0.1, 0.15) is 12.5 Å². The minimum absolute atomic E-state index is 0.218. The van der Waals surface area contributed by atoms with E-state index in [9.17, 15) is 13.2 Å². The van der Waals surface area contributed by atoms with Crippen LogP contribution in [-0.4, -0.2) is 39.3 Å². The fraction of sp³-hybridized carbons (Fsp3) is 0.200. The van der Waals surface area contributed by atoms with Crippen molar-refractivity contribution < 1.29 is 22.7 Å². The third-order valence-electron chi connectivity index (χ3n) is 3.93. The highest BCUT2D eigenvalue weighted by Crippen LogP contribution is 2.29. The van der Waals surface area contributed by atoms with Crippen molar-refractivity contribution in [1.29, 1.82) is 0 Å². The minimum Gasteiger partial charge on any atom is -0.493 e. The normalized spacial score (nSPS) is 11.7. The van der Waals surface area contributed by atoms with Crippen LogP contribution in [0.3, 0.4) is 0 Å². The molecule has 0 bridgehead atoms. The van der Waals surface area contributed by atoms with Gasteiger partial charge in [-0.25, -0.2) is 13.4 Å². The van der Waals surface area contributed by atoms with Gasteiger partial charge in [-0.1, -0.05) is 17.4 Å². The molecule has 0 aliphatic rings. The molecule has 0 atom stereocenters. The van der Waals surface area contributed by atoms with E-state index in [2.05, 4.69) is 10.3 Å². The number of rotatable bonds is 7. The zero-order valence-corrected chi connectivity index (χ0v) is 17.8. The second-order valence-electron chi connectivity index (χ2n) is 6.09. The summed E-state index contributed by atoms with van der Waals surface area (Å²) in [5.41, 5.74) is 1.40. The Morgan fingerprint density at radius 3 is 2.69 bits per heavy atom. The lowest BCUT2D eigenvalue weighted by molar-refractivity contribution is -0.111. The van der Waals surface area contributed by atoms with Gasteiger partial charge < -0.3 is 9.47 Å². The van der Waals surface area contributed by atoms with Crippen molar-refractivity contribution in [2.75, 3.05) is 25.3 Å². The first kappa shape index (κ1) is 20.8. The van der Waals surface area contributed by atoms with Crippen molar-refractivity contribution in [3.63, 3.8) is 0 Å². The number of thiazole rings is 1. The molecule has 0 aliphatic heterocycles. The van der Waals surface area contributed by atoms with Gasteiger partial charge in [-0.2, -0.15) is 0 Å². The van der Waals surface area contributed by atoms with Crippen molar-refractivity contribution in [1.82, 2.24) is 4.98 Å². The first-order valence-corrected chi connectivity index (χ1v) is 11.4. The van der Waals surface area contributed by atoms with Gasteiger partial charge in [0.2, 0.25) is 5.91 Å². The van der Waals surface area contributed by atoms with Gasteiger partial charge in [0.25, 0.3) is 0 Å². The Morgan fingerprint density at radius 2 is 2.00 bits per heavy atom. The van der Waals surface area contributed by atoms with Crippen LogP contribution in [0.15, 0.2) is 47.4 Å². The van der Waals surface area contributed by atoms with Crippen LogP contribution in [0.5, 0.6) is 11.5 Å². The summed E-state index contributed by atoms with van der Waals surface area (Å²) < 4.78 is 34.8. The number of carbonyl (C=O) groups is 1. The summed E-state index contributed by atoms with van der Waals surface area (Å²) in [5.74, 6) is 0.877. The van der Waals surface area contributed by atoms with Crippen molar-refractivity contribution >= 4 is 48.5 Å². The fourth-order valence-electron chi connectivity index (χ4n) is 2.57. The molecule has 2 aromatic carbocycles. The lowest BCUT2D eigenvalue weighted by atomic mass is 10.2. The third-order valence-corrected chi connectivity index (χ3v) is 5.98. The average molecular weight is 433 g/mol. The number of nitrogens with one attached hydrogen (secondary N) is 1. The van der Waals surface area contributed by atoms with E-state index in [0.29, 0.717) is 33.5 Å². The number of methoxy groups -OCH3 is 1. The Kier molecular flexibility index (Phi) is 6.19. The zero-order chi connectivity index (χ0) is 21.0. The number of hydrogen-bond acceptors (Lipinski definition) is 7. The Hall–Kier alpha value is -2.91. The smallest absolute Gasteiger partial charge is 0.250 e. The number of sulfone groups is 1. The first-order chi connectivity index (χ1) is 13.8. The highest BCUT2D eigenvalue weighted by atomic mass is 32.2. The predicted octanol–water partition coefficient (Wildman–Crippen LogP) is 3.76. The molecule has 0 saturated heterocycles. The van der Waals surface area contributed by atoms with E-state index in [1.165, 1.54) is 23.5 Å². The summed E-state index contributed by atoms with van der Waals surface area (Å²) in [6.07, 6.45) is 4.20. The number of aromatic nitrogens is 1. The second-order valence-corrected chi connectivity index (χ2v) is 9.13. The van der Waals surface area contributed by atoms with E-state index < -0.39 is 9.84 Å². The quantitative estimate of drug-likeness (QED) is 0.571. The first-order valence-electron chi connectivity index (χ1n) is 8.70. The summed E-state index contributed by atoms with van der Waals surface area (Å²) in [6.45, 7) is 2.42. The molecule has 1 heterocycles. The van der Waals surface area contributed by atoms with Gasteiger partial charge in [-0.3, -0.25) is 10.1 Å². The van der Waals surface area contributed by atoms with Gasteiger partial charge >= 0.3 is 0 Å². The van der Waals surface area contributed by atoms with E-state index in [-0.39, 0.29) is 10.8 Å². The molecule has 0 aliphatic carbocycles. The standard InChI is InChI=1S/C20H20N2O5S2/c1-4-27-16-9-5-13(11-17(16)26-2)6-10-19(23)22-20-21-15-8-7-14(29(3,24)25)12-18(15)28-20/h5-12H,4H2,1-3H3,(H,21,22,23). The molecule has 0 saturated carbocycles. The molecule has 1 aromatic heterocycles. The number of benzene rings is 2. The van der Waals surface area contributed by atoms with E-state index >= 15 is 0 Å². The number of amides is 1. The molecule has 3 rings (SSSR count). The fourth-order valence-corrected chi connectivity index (χ4v) is 4.20. The van der Waals surface area contributed by atoms with Crippen LogP contribution >= 0.6 is 11.3 Å². The molecule has 0 spiro atoms. The molecule has 9 heteroatoms. The van der Waals surface area contributed by atoms with Crippen molar-refractivity contribution in [2.45, 2.75) is 11.8 Å². The molecule has 1 N–H and O–H groups in total. The number of ether oxygens (including phenoxy) is 2. The lowest BCUT2D eigenvalue weighted by Gasteiger charge is -2.09. The van der Waals surface area contributed by atoms with Crippen LogP contribution in [-0.2, 0) is 14.6 Å². The lowest BCUT2D eigenvalue weighted by Crippen LogP contribution is -2.07. The summed E-state index contributed by atoms with van der Waals surface area (Å²) >= 11 is 1.21. The number of hydrogen-bond donors (Lipinski definition) is 1. The SMILES string of the molecule is CCOc1ccc(C=CC(=O)Nc2nc3ccc(S(C)(=O)=O)cc3s2)cc1OC. The van der Waals surface area contributed by atoms with Crippen molar-refractivity contribution in [3.05, 3.63) is 48.0 Å². The minimum atomic E-state index is -3.30. The maximum Gasteiger partial charge on any atom is 0.250 e. The maximum atomic E-state index is 12.2. The topological polar surface area (TPSA) is 94.6 Å². The Morgan fingerprint density at radius 1 is 1.21 bits per heavy atom. The van der Waals surface area contributed by atoms with Gasteiger partial charge in [0.05, 0.1) is 28.8 Å². The summed E-state index contributed by atoms with van der Waals surface area (Å²) in [4.78, 5) is 16.8. The highest BCUT2D eigenvalue weighted by Gasteiger charge is 2.11.